The lowest BCUT2D eigenvalue weighted by Crippen LogP contribution is -2.29. The van der Waals surface area contributed by atoms with Crippen LogP contribution in [0.3, 0.4) is 0 Å². The Hall–Kier alpha value is -1.20. The highest BCUT2D eigenvalue weighted by Gasteiger charge is 2.49. The molecule has 2 aliphatic rings. The Morgan fingerprint density at radius 1 is 1.39 bits per heavy atom. The van der Waals surface area contributed by atoms with E-state index in [9.17, 15) is 19.8 Å². The van der Waals surface area contributed by atoms with Crippen LogP contribution in [0.25, 0.3) is 0 Å². The standard InChI is InChI=1S/C23H38O5/c1-4-5-13-23(2,27)14-7-9-17(22-19(24)11-12-20(22)25)18-15-16(18)8-6-10-21(26)28-3/h7,9,16-19,22,24,27H,4-6,8,10-15H2,1-3H3/t16?,17?,18-,19?,22+,23?/m1/s1. The monoisotopic (exact) mass is 394 g/mol. The van der Waals surface area contributed by atoms with Crippen LogP contribution < -0.4 is 0 Å². The van der Waals surface area contributed by atoms with Gasteiger partial charge in [0.2, 0.25) is 0 Å². The molecule has 5 nitrogen and oxygen atoms in total. The van der Waals surface area contributed by atoms with Crippen LogP contribution in [0.4, 0.5) is 0 Å². The van der Waals surface area contributed by atoms with Crippen molar-refractivity contribution in [2.75, 3.05) is 7.11 Å². The van der Waals surface area contributed by atoms with E-state index in [0.717, 1.165) is 38.5 Å². The van der Waals surface area contributed by atoms with Gasteiger partial charge in [-0.2, -0.15) is 0 Å². The van der Waals surface area contributed by atoms with Crippen LogP contribution in [0.5, 0.6) is 0 Å². The van der Waals surface area contributed by atoms with Gasteiger partial charge >= 0.3 is 5.97 Å². The summed E-state index contributed by atoms with van der Waals surface area (Å²) in [7, 11) is 1.41. The van der Waals surface area contributed by atoms with Crippen molar-refractivity contribution in [1.29, 1.82) is 0 Å². The summed E-state index contributed by atoms with van der Waals surface area (Å²) >= 11 is 0. The third kappa shape index (κ3) is 6.70. The molecule has 4 unspecified atom stereocenters. The lowest BCUT2D eigenvalue weighted by Gasteiger charge is -2.24. The Morgan fingerprint density at radius 2 is 2.14 bits per heavy atom. The number of methoxy groups -OCH3 is 1. The normalized spacial score (nSPS) is 30.4. The number of aliphatic hydroxyl groups excluding tert-OH is 1. The number of hydrogen-bond acceptors (Lipinski definition) is 5. The number of allylic oxidation sites excluding steroid dienone is 1. The van der Waals surface area contributed by atoms with E-state index in [-0.39, 0.29) is 23.6 Å². The number of rotatable bonds is 12. The summed E-state index contributed by atoms with van der Waals surface area (Å²) in [4.78, 5) is 23.7. The fourth-order valence-corrected chi connectivity index (χ4v) is 4.67. The maximum atomic E-state index is 12.4. The van der Waals surface area contributed by atoms with Gasteiger partial charge in [-0.1, -0.05) is 31.9 Å². The van der Waals surface area contributed by atoms with Gasteiger partial charge in [0, 0.05) is 12.8 Å². The molecule has 160 valence electrons. The van der Waals surface area contributed by atoms with E-state index in [1.54, 1.807) is 0 Å². The predicted octanol–water partition coefficient (Wildman–Crippen LogP) is 3.81. The van der Waals surface area contributed by atoms with Crippen molar-refractivity contribution in [3.63, 3.8) is 0 Å². The number of esters is 1. The summed E-state index contributed by atoms with van der Waals surface area (Å²) in [6.07, 6.45) is 11.2. The second kappa shape index (κ2) is 10.5. The number of ether oxygens (including phenoxy) is 1. The number of carbonyl (C=O) groups is 2. The molecule has 0 aliphatic heterocycles. The van der Waals surface area contributed by atoms with E-state index in [2.05, 4.69) is 13.0 Å². The number of aliphatic hydroxyl groups is 2. The first kappa shape index (κ1) is 23.1. The minimum absolute atomic E-state index is 0.0371. The maximum Gasteiger partial charge on any atom is 0.305 e. The van der Waals surface area contributed by atoms with Gasteiger partial charge in [0.25, 0.3) is 0 Å². The van der Waals surface area contributed by atoms with Gasteiger partial charge in [-0.25, -0.2) is 0 Å². The van der Waals surface area contributed by atoms with Crippen LogP contribution in [-0.2, 0) is 14.3 Å². The number of hydrogen-bond donors (Lipinski definition) is 2. The van der Waals surface area contributed by atoms with Crippen molar-refractivity contribution < 1.29 is 24.5 Å². The highest BCUT2D eigenvalue weighted by molar-refractivity contribution is 5.84. The summed E-state index contributed by atoms with van der Waals surface area (Å²) < 4.78 is 4.70. The molecule has 0 aromatic heterocycles. The molecule has 0 heterocycles. The minimum Gasteiger partial charge on any atom is -0.469 e. The molecule has 2 N–H and O–H groups in total. The lowest BCUT2D eigenvalue weighted by atomic mass is 9.82. The molecular weight excluding hydrogens is 356 g/mol. The second-order valence-electron chi connectivity index (χ2n) is 9.04. The van der Waals surface area contributed by atoms with Crippen molar-refractivity contribution in [3.05, 3.63) is 12.2 Å². The highest BCUT2D eigenvalue weighted by Crippen LogP contribution is 2.52. The Balaban J connectivity index is 1.96. The molecule has 6 atom stereocenters. The van der Waals surface area contributed by atoms with Gasteiger partial charge in [0.15, 0.2) is 0 Å². The van der Waals surface area contributed by atoms with Crippen molar-refractivity contribution >= 4 is 11.8 Å². The Kier molecular flexibility index (Phi) is 8.69. The number of unbranched alkanes of at least 4 members (excludes halogenated alkanes) is 1. The summed E-state index contributed by atoms with van der Waals surface area (Å²) in [6.45, 7) is 3.98. The summed E-state index contributed by atoms with van der Waals surface area (Å²) in [6, 6.07) is 0. The Bertz CT molecular complexity index is 553. The molecule has 2 fully saturated rings. The smallest absolute Gasteiger partial charge is 0.305 e. The van der Waals surface area contributed by atoms with E-state index in [0.29, 0.717) is 37.5 Å². The van der Waals surface area contributed by atoms with E-state index in [1.165, 1.54) is 7.11 Å². The molecule has 0 spiro atoms. The van der Waals surface area contributed by atoms with Gasteiger partial charge in [-0.3, -0.25) is 9.59 Å². The van der Waals surface area contributed by atoms with Crippen LogP contribution >= 0.6 is 0 Å². The van der Waals surface area contributed by atoms with Gasteiger partial charge in [0.05, 0.1) is 24.7 Å². The fourth-order valence-electron chi connectivity index (χ4n) is 4.67. The molecular formula is C23H38O5. The van der Waals surface area contributed by atoms with Crippen LogP contribution in [0.2, 0.25) is 0 Å². The third-order valence-corrected chi connectivity index (χ3v) is 6.53. The molecule has 2 rings (SSSR count). The third-order valence-electron chi connectivity index (χ3n) is 6.53. The second-order valence-corrected chi connectivity index (χ2v) is 9.04. The van der Waals surface area contributed by atoms with E-state index in [4.69, 9.17) is 4.74 Å². The fraction of sp³-hybridized carbons (Fsp3) is 0.826. The molecule has 2 saturated carbocycles. The van der Waals surface area contributed by atoms with E-state index in [1.807, 2.05) is 13.0 Å². The Morgan fingerprint density at radius 3 is 2.75 bits per heavy atom. The van der Waals surface area contributed by atoms with Gasteiger partial charge < -0.3 is 14.9 Å². The highest BCUT2D eigenvalue weighted by atomic mass is 16.5. The largest absolute Gasteiger partial charge is 0.469 e. The number of carbonyl (C=O) groups excluding carboxylic acids is 2. The van der Waals surface area contributed by atoms with Crippen LogP contribution in [-0.4, -0.2) is 40.8 Å². The molecule has 28 heavy (non-hydrogen) atoms. The van der Waals surface area contributed by atoms with E-state index < -0.39 is 11.7 Å². The first-order valence-corrected chi connectivity index (χ1v) is 11.0. The maximum absolute atomic E-state index is 12.4. The lowest BCUT2D eigenvalue weighted by molar-refractivity contribution is -0.140. The molecule has 0 bridgehead atoms. The molecule has 0 saturated heterocycles. The molecule has 0 aromatic rings. The minimum atomic E-state index is -0.723. The average molecular weight is 395 g/mol. The van der Waals surface area contributed by atoms with Crippen molar-refractivity contribution in [2.24, 2.45) is 23.7 Å². The summed E-state index contributed by atoms with van der Waals surface area (Å²) in [5, 5.41) is 20.9. The summed E-state index contributed by atoms with van der Waals surface area (Å²) in [5.74, 6) is 0.601. The number of Topliss-reactive ketones (excluding diaryl/α,β-unsaturated/α-hetero) is 1. The molecule has 0 radical (unpaired) electrons. The average Bonchev–Trinajstić information content (AvgIpc) is 3.34. The van der Waals surface area contributed by atoms with Crippen LogP contribution in [0, 0.1) is 23.7 Å². The van der Waals surface area contributed by atoms with Crippen LogP contribution in [0.15, 0.2) is 12.2 Å². The van der Waals surface area contributed by atoms with Crippen molar-refractivity contribution in [3.8, 4) is 0 Å². The molecule has 2 aliphatic carbocycles. The first-order chi connectivity index (χ1) is 13.3. The SMILES string of the molecule is CCCCC(C)(O)CC=CC([C@@H]1CC1CCCC(=O)OC)[C@@H]1C(=O)CCC1O. The number of ketones is 1. The zero-order valence-electron chi connectivity index (χ0n) is 17.7. The van der Waals surface area contributed by atoms with Gasteiger partial charge in [0.1, 0.15) is 5.78 Å². The topological polar surface area (TPSA) is 83.8 Å². The van der Waals surface area contributed by atoms with Gasteiger partial charge in [-0.05, 0) is 63.2 Å². The molecule has 0 aromatic carbocycles. The van der Waals surface area contributed by atoms with Crippen molar-refractivity contribution in [2.45, 2.75) is 89.8 Å². The first-order valence-electron chi connectivity index (χ1n) is 11.0. The van der Waals surface area contributed by atoms with Gasteiger partial charge in [-0.15, -0.1) is 0 Å². The summed E-state index contributed by atoms with van der Waals surface area (Å²) in [5.41, 5.74) is -0.723. The van der Waals surface area contributed by atoms with E-state index >= 15 is 0 Å². The van der Waals surface area contributed by atoms with Crippen molar-refractivity contribution in [1.82, 2.24) is 0 Å². The zero-order chi connectivity index (χ0) is 20.7. The molecule has 0 amide bonds. The Labute approximate surface area is 169 Å². The zero-order valence-corrected chi connectivity index (χ0v) is 17.7. The predicted molar refractivity (Wildman–Crippen MR) is 109 cm³/mol. The molecule has 5 heteroatoms. The van der Waals surface area contributed by atoms with Crippen LogP contribution in [0.1, 0.15) is 78.1 Å². The quantitative estimate of drug-likeness (QED) is 0.388.